The van der Waals surface area contributed by atoms with Crippen molar-refractivity contribution in [2.75, 3.05) is 11.9 Å². The van der Waals surface area contributed by atoms with Crippen LogP contribution in [0, 0.1) is 0 Å². The summed E-state index contributed by atoms with van der Waals surface area (Å²) in [6.45, 7) is 3.63. The number of amides is 1. The highest BCUT2D eigenvalue weighted by atomic mass is 32.2. The summed E-state index contributed by atoms with van der Waals surface area (Å²) < 4.78 is 26.2. The van der Waals surface area contributed by atoms with Crippen LogP contribution in [0.25, 0.3) is 0 Å². The highest BCUT2D eigenvalue weighted by Gasteiger charge is 2.12. The Morgan fingerprint density at radius 3 is 2.55 bits per heavy atom. The molecule has 0 radical (unpaired) electrons. The quantitative estimate of drug-likeness (QED) is 0.762. The molecule has 7 heteroatoms. The van der Waals surface area contributed by atoms with Gasteiger partial charge in [-0.1, -0.05) is 12.1 Å². The first-order valence-electron chi connectivity index (χ1n) is 6.54. The minimum absolute atomic E-state index is 0.136. The maximum absolute atomic E-state index is 11.9. The molecule has 0 atom stereocenters. The van der Waals surface area contributed by atoms with Gasteiger partial charge in [-0.2, -0.15) is 0 Å². The van der Waals surface area contributed by atoms with Crippen LogP contribution in [0.4, 0.5) is 5.69 Å². The molecule has 5 nitrogen and oxygen atoms in total. The fourth-order valence-corrected chi connectivity index (χ4v) is 3.45. The summed E-state index contributed by atoms with van der Waals surface area (Å²) in [5, 5.41) is 4.65. The Kier molecular flexibility index (Phi) is 5.48. The normalized spacial score (nSPS) is 11.1. The molecule has 1 amide bonds. The minimum Gasteiger partial charge on any atom is -0.326 e. The average molecular weight is 336 g/mol. The number of hydrogen-bond acceptors (Lipinski definition) is 4. The molecule has 1 aromatic heterocycles. The zero-order valence-electron chi connectivity index (χ0n) is 11.8. The summed E-state index contributed by atoms with van der Waals surface area (Å²) in [5.74, 6) is -0.136. The van der Waals surface area contributed by atoms with E-state index in [0.29, 0.717) is 12.1 Å². The second kappa shape index (κ2) is 7.35. The summed E-state index contributed by atoms with van der Waals surface area (Å²) in [6, 6.07) is 9.82. The van der Waals surface area contributed by atoms with Gasteiger partial charge in [0, 0.05) is 17.1 Å². The van der Waals surface area contributed by atoms with Crippen molar-refractivity contribution in [2.24, 2.45) is 0 Å². The lowest BCUT2D eigenvalue weighted by atomic mass is 10.3. The number of thiophene rings is 1. The number of carbonyl (C=O) groups excluding carboxylic acids is 1. The van der Waals surface area contributed by atoms with E-state index in [-0.39, 0.29) is 17.3 Å². The van der Waals surface area contributed by atoms with Crippen LogP contribution in [0.15, 0.2) is 59.3 Å². The highest BCUT2D eigenvalue weighted by Crippen LogP contribution is 2.15. The SMILES string of the molecule is C=CCNS(=O)(=O)c1ccc(NC(=O)Cc2cccs2)cc1. The minimum atomic E-state index is -3.54. The van der Waals surface area contributed by atoms with E-state index in [2.05, 4.69) is 16.6 Å². The van der Waals surface area contributed by atoms with Gasteiger partial charge in [-0.3, -0.25) is 4.79 Å². The van der Waals surface area contributed by atoms with Crippen LogP contribution in [0.5, 0.6) is 0 Å². The van der Waals surface area contributed by atoms with Gasteiger partial charge in [0.2, 0.25) is 15.9 Å². The third-order valence-corrected chi connectivity index (χ3v) is 5.10. The molecule has 0 spiro atoms. The van der Waals surface area contributed by atoms with Crippen molar-refractivity contribution in [2.45, 2.75) is 11.3 Å². The summed E-state index contributed by atoms with van der Waals surface area (Å²) in [5.41, 5.74) is 0.559. The lowest BCUT2D eigenvalue weighted by Crippen LogP contribution is -2.23. The average Bonchev–Trinajstić information content (AvgIpc) is 2.98. The van der Waals surface area contributed by atoms with Crippen molar-refractivity contribution in [1.82, 2.24) is 4.72 Å². The topological polar surface area (TPSA) is 75.3 Å². The van der Waals surface area contributed by atoms with Gasteiger partial charge in [-0.05, 0) is 35.7 Å². The molecule has 0 bridgehead atoms. The molecular formula is C15H16N2O3S2. The van der Waals surface area contributed by atoms with Gasteiger partial charge in [0.05, 0.1) is 11.3 Å². The number of anilines is 1. The molecular weight excluding hydrogens is 320 g/mol. The Bertz CT molecular complexity index is 736. The molecule has 0 saturated heterocycles. The molecule has 22 heavy (non-hydrogen) atoms. The van der Waals surface area contributed by atoms with Crippen molar-refractivity contribution < 1.29 is 13.2 Å². The Labute approximate surface area is 133 Å². The second-order valence-electron chi connectivity index (χ2n) is 4.47. The summed E-state index contributed by atoms with van der Waals surface area (Å²) in [6.07, 6.45) is 1.77. The maximum Gasteiger partial charge on any atom is 0.240 e. The van der Waals surface area contributed by atoms with Gasteiger partial charge in [0.15, 0.2) is 0 Å². The van der Waals surface area contributed by atoms with Crippen LogP contribution >= 0.6 is 11.3 Å². The maximum atomic E-state index is 11.9. The van der Waals surface area contributed by atoms with Gasteiger partial charge in [-0.25, -0.2) is 13.1 Å². The molecule has 2 N–H and O–H groups in total. The number of hydrogen-bond donors (Lipinski definition) is 2. The van der Waals surface area contributed by atoms with Crippen LogP contribution in [0.2, 0.25) is 0 Å². The van der Waals surface area contributed by atoms with E-state index in [1.165, 1.54) is 29.5 Å². The van der Waals surface area contributed by atoms with Crippen molar-refractivity contribution in [3.63, 3.8) is 0 Å². The molecule has 2 aromatic rings. The van der Waals surface area contributed by atoms with Gasteiger partial charge < -0.3 is 5.32 Å². The Morgan fingerprint density at radius 2 is 1.95 bits per heavy atom. The van der Waals surface area contributed by atoms with Gasteiger partial charge in [0.1, 0.15) is 0 Å². The van der Waals surface area contributed by atoms with Crippen molar-refractivity contribution >= 4 is 33.0 Å². The van der Waals surface area contributed by atoms with E-state index in [1.54, 1.807) is 12.1 Å². The smallest absolute Gasteiger partial charge is 0.240 e. The fraction of sp³-hybridized carbons (Fsp3) is 0.133. The van der Waals surface area contributed by atoms with Crippen LogP contribution in [-0.2, 0) is 21.2 Å². The van der Waals surface area contributed by atoms with Crippen LogP contribution in [0.1, 0.15) is 4.88 Å². The zero-order valence-corrected chi connectivity index (χ0v) is 13.4. The number of rotatable bonds is 7. The monoisotopic (exact) mass is 336 g/mol. The molecule has 0 fully saturated rings. The van der Waals surface area contributed by atoms with Gasteiger partial charge in [-0.15, -0.1) is 17.9 Å². The number of carbonyl (C=O) groups is 1. The molecule has 0 aliphatic heterocycles. The number of nitrogens with one attached hydrogen (secondary N) is 2. The standard InChI is InChI=1S/C15H16N2O3S2/c1-2-9-16-22(19,20)14-7-5-12(6-8-14)17-15(18)11-13-4-3-10-21-13/h2-8,10,16H,1,9,11H2,(H,17,18). The van der Waals surface area contributed by atoms with Crippen molar-refractivity contribution in [1.29, 1.82) is 0 Å². The van der Waals surface area contributed by atoms with E-state index in [4.69, 9.17) is 0 Å². The third kappa shape index (κ3) is 4.52. The summed E-state index contributed by atoms with van der Waals surface area (Å²) in [4.78, 5) is 13.0. The second-order valence-corrected chi connectivity index (χ2v) is 7.27. The Morgan fingerprint density at radius 1 is 1.23 bits per heavy atom. The molecule has 2 rings (SSSR count). The molecule has 0 aliphatic carbocycles. The van der Waals surface area contributed by atoms with Crippen LogP contribution in [0.3, 0.4) is 0 Å². The highest BCUT2D eigenvalue weighted by molar-refractivity contribution is 7.89. The Hall–Kier alpha value is -1.96. The molecule has 116 valence electrons. The van der Waals surface area contributed by atoms with Gasteiger partial charge >= 0.3 is 0 Å². The molecule has 1 aromatic carbocycles. The van der Waals surface area contributed by atoms with Crippen LogP contribution < -0.4 is 10.0 Å². The lowest BCUT2D eigenvalue weighted by molar-refractivity contribution is -0.115. The van der Waals surface area contributed by atoms with Crippen LogP contribution in [-0.4, -0.2) is 20.9 Å². The van der Waals surface area contributed by atoms with Gasteiger partial charge in [0.25, 0.3) is 0 Å². The number of sulfonamides is 1. The van der Waals surface area contributed by atoms with E-state index in [9.17, 15) is 13.2 Å². The van der Waals surface area contributed by atoms with Crippen molar-refractivity contribution in [3.8, 4) is 0 Å². The zero-order chi connectivity index (χ0) is 16.0. The van der Waals surface area contributed by atoms with E-state index in [1.807, 2.05) is 17.5 Å². The number of benzene rings is 1. The third-order valence-electron chi connectivity index (χ3n) is 2.78. The lowest BCUT2D eigenvalue weighted by Gasteiger charge is -2.07. The first kappa shape index (κ1) is 16.4. The predicted octanol–water partition coefficient (Wildman–Crippen LogP) is 2.39. The molecule has 0 aliphatic rings. The molecule has 0 saturated carbocycles. The van der Waals surface area contributed by atoms with E-state index >= 15 is 0 Å². The predicted molar refractivity (Wildman–Crippen MR) is 88.5 cm³/mol. The molecule has 0 unspecified atom stereocenters. The fourth-order valence-electron chi connectivity index (χ4n) is 1.75. The first-order chi connectivity index (χ1) is 10.5. The van der Waals surface area contributed by atoms with E-state index in [0.717, 1.165) is 4.88 Å². The summed E-state index contributed by atoms with van der Waals surface area (Å²) in [7, 11) is -3.54. The largest absolute Gasteiger partial charge is 0.326 e. The van der Waals surface area contributed by atoms with Crippen molar-refractivity contribution in [3.05, 3.63) is 59.3 Å². The Balaban J connectivity index is 1.99. The summed E-state index contributed by atoms with van der Waals surface area (Å²) >= 11 is 1.52. The van der Waals surface area contributed by atoms with E-state index < -0.39 is 10.0 Å². The first-order valence-corrected chi connectivity index (χ1v) is 8.90. The molecule has 1 heterocycles.